The number of carbonyl (C=O) groups is 1. The van der Waals surface area contributed by atoms with Gasteiger partial charge < -0.3 is 18.6 Å². The normalized spacial score (nSPS) is 14.5. The number of benzene rings is 2. The summed E-state index contributed by atoms with van der Waals surface area (Å²) in [5, 5.41) is 0.722. The van der Waals surface area contributed by atoms with Gasteiger partial charge in [0, 0.05) is 23.1 Å². The minimum Gasteiger partial charge on any atom is -0.497 e. The highest BCUT2D eigenvalue weighted by Crippen LogP contribution is 2.33. The molecule has 3 aromatic rings. The van der Waals surface area contributed by atoms with Gasteiger partial charge in [-0.15, -0.1) is 0 Å². The lowest BCUT2D eigenvalue weighted by molar-refractivity contribution is -0.139. The first-order valence-corrected chi connectivity index (χ1v) is 10.1. The average molecular weight is 408 g/mol. The zero-order valence-electron chi connectivity index (χ0n) is 17.1. The van der Waals surface area contributed by atoms with Crippen molar-refractivity contribution in [2.45, 2.75) is 32.1 Å². The van der Waals surface area contributed by atoms with Gasteiger partial charge in [0.05, 0.1) is 25.7 Å². The highest BCUT2D eigenvalue weighted by Gasteiger charge is 2.23. The molecule has 6 nitrogen and oxygen atoms in total. The Morgan fingerprint density at radius 1 is 0.900 bits per heavy atom. The van der Waals surface area contributed by atoms with Crippen LogP contribution in [-0.4, -0.2) is 20.2 Å². The van der Waals surface area contributed by atoms with E-state index in [4.69, 9.17) is 18.6 Å². The standard InChI is InChI=1S/C24H24O6/c1-27-17-10-11-19(22(13-17)28-2)20-12-16-8-9-18(14-21(16)30-24(20)26)29-23(25)15-6-4-3-5-7-15/h8-15H,3-7H2,1-2H3. The number of fused-ring (bicyclic) bond motifs is 1. The quantitative estimate of drug-likeness (QED) is 0.337. The first-order chi connectivity index (χ1) is 14.6. The van der Waals surface area contributed by atoms with Gasteiger partial charge in [-0.25, -0.2) is 4.79 Å². The van der Waals surface area contributed by atoms with Gasteiger partial charge in [0.2, 0.25) is 0 Å². The molecule has 0 aliphatic heterocycles. The second-order valence-electron chi connectivity index (χ2n) is 7.47. The summed E-state index contributed by atoms with van der Waals surface area (Å²) in [5.74, 6) is 1.27. The molecule has 1 aliphatic carbocycles. The third kappa shape index (κ3) is 4.03. The fourth-order valence-electron chi connectivity index (χ4n) is 3.90. The molecule has 30 heavy (non-hydrogen) atoms. The van der Waals surface area contributed by atoms with Gasteiger partial charge in [-0.05, 0) is 43.2 Å². The molecule has 4 rings (SSSR count). The van der Waals surface area contributed by atoms with Crippen LogP contribution in [0.25, 0.3) is 22.1 Å². The van der Waals surface area contributed by atoms with Crippen LogP contribution < -0.4 is 19.8 Å². The molecular formula is C24H24O6. The van der Waals surface area contributed by atoms with Crippen LogP contribution >= 0.6 is 0 Å². The molecule has 1 fully saturated rings. The second kappa shape index (κ2) is 8.61. The highest BCUT2D eigenvalue weighted by molar-refractivity contribution is 5.85. The number of hydrogen-bond donors (Lipinski definition) is 0. The average Bonchev–Trinajstić information content (AvgIpc) is 2.78. The smallest absolute Gasteiger partial charge is 0.344 e. The molecule has 0 bridgehead atoms. The topological polar surface area (TPSA) is 75.0 Å². The third-order valence-corrected chi connectivity index (χ3v) is 5.56. The van der Waals surface area contributed by atoms with E-state index in [1.165, 1.54) is 13.5 Å². The number of esters is 1. The summed E-state index contributed by atoms with van der Waals surface area (Å²) in [6.07, 6.45) is 5.03. The molecule has 0 amide bonds. The number of carbonyl (C=O) groups excluding carboxylic acids is 1. The summed E-state index contributed by atoms with van der Waals surface area (Å²) in [4.78, 5) is 25.1. The maximum absolute atomic E-state index is 12.7. The van der Waals surface area contributed by atoms with E-state index in [0.29, 0.717) is 34.0 Å². The molecule has 0 unspecified atom stereocenters. The van der Waals surface area contributed by atoms with E-state index in [1.54, 1.807) is 49.6 Å². The van der Waals surface area contributed by atoms with Crippen molar-refractivity contribution in [3.05, 3.63) is 52.9 Å². The summed E-state index contributed by atoms with van der Waals surface area (Å²) in [5.41, 5.74) is 0.864. The van der Waals surface area contributed by atoms with E-state index in [-0.39, 0.29) is 11.9 Å². The third-order valence-electron chi connectivity index (χ3n) is 5.56. The maximum atomic E-state index is 12.7. The summed E-state index contributed by atoms with van der Waals surface area (Å²) in [6, 6.07) is 12.1. The molecular weight excluding hydrogens is 384 g/mol. The van der Waals surface area contributed by atoms with Crippen molar-refractivity contribution in [3.63, 3.8) is 0 Å². The minimum atomic E-state index is -0.498. The molecule has 156 valence electrons. The summed E-state index contributed by atoms with van der Waals surface area (Å²) >= 11 is 0. The number of methoxy groups -OCH3 is 2. The van der Waals surface area contributed by atoms with E-state index in [2.05, 4.69) is 0 Å². The zero-order valence-corrected chi connectivity index (χ0v) is 17.1. The Balaban J connectivity index is 1.64. The predicted molar refractivity (Wildman–Crippen MR) is 113 cm³/mol. The number of rotatable bonds is 5. The summed E-state index contributed by atoms with van der Waals surface area (Å²) in [6.45, 7) is 0. The number of hydrogen-bond acceptors (Lipinski definition) is 6. The fraction of sp³-hybridized carbons (Fsp3) is 0.333. The molecule has 6 heteroatoms. The van der Waals surface area contributed by atoms with E-state index in [9.17, 15) is 9.59 Å². The molecule has 1 saturated carbocycles. The van der Waals surface area contributed by atoms with Crippen molar-refractivity contribution in [2.75, 3.05) is 14.2 Å². The Labute approximate surface area is 174 Å². The van der Waals surface area contributed by atoms with Gasteiger partial charge in [-0.2, -0.15) is 0 Å². The van der Waals surface area contributed by atoms with E-state index >= 15 is 0 Å². The molecule has 1 aromatic heterocycles. The Kier molecular flexibility index (Phi) is 5.74. The monoisotopic (exact) mass is 408 g/mol. The lowest BCUT2D eigenvalue weighted by atomic mass is 9.89. The first kappa shape index (κ1) is 20.0. The maximum Gasteiger partial charge on any atom is 0.344 e. The van der Waals surface area contributed by atoms with Crippen LogP contribution in [0.4, 0.5) is 0 Å². The van der Waals surface area contributed by atoms with E-state index in [0.717, 1.165) is 31.1 Å². The first-order valence-electron chi connectivity index (χ1n) is 10.1. The zero-order chi connectivity index (χ0) is 21.1. The largest absolute Gasteiger partial charge is 0.497 e. The molecule has 0 spiro atoms. The van der Waals surface area contributed by atoms with Gasteiger partial charge in [-0.1, -0.05) is 19.3 Å². The fourth-order valence-corrected chi connectivity index (χ4v) is 3.90. The van der Waals surface area contributed by atoms with Crippen LogP contribution in [0.2, 0.25) is 0 Å². The minimum absolute atomic E-state index is 0.0497. The second-order valence-corrected chi connectivity index (χ2v) is 7.47. The van der Waals surface area contributed by atoms with Gasteiger partial charge in [0.25, 0.3) is 0 Å². The van der Waals surface area contributed by atoms with Crippen LogP contribution in [0.3, 0.4) is 0 Å². The Bertz CT molecular complexity index is 1120. The van der Waals surface area contributed by atoms with Crippen LogP contribution in [-0.2, 0) is 4.79 Å². The summed E-state index contributed by atoms with van der Waals surface area (Å²) < 4.78 is 21.7. The lowest BCUT2D eigenvalue weighted by Gasteiger charge is -2.19. The Morgan fingerprint density at radius 2 is 1.67 bits per heavy atom. The molecule has 0 radical (unpaired) electrons. The van der Waals surface area contributed by atoms with E-state index < -0.39 is 5.63 Å². The van der Waals surface area contributed by atoms with Crippen LogP contribution in [0.1, 0.15) is 32.1 Å². The molecule has 1 heterocycles. The predicted octanol–water partition coefficient (Wildman–Crippen LogP) is 4.96. The SMILES string of the molecule is COc1ccc(-c2cc3ccc(OC(=O)C4CCCCC4)cc3oc2=O)c(OC)c1. The molecule has 0 atom stereocenters. The summed E-state index contributed by atoms with van der Waals surface area (Å²) in [7, 11) is 3.10. The van der Waals surface area contributed by atoms with Crippen molar-refractivity contribution < 1.29 is 23.4 Å². The van der Waals surface area contributed by atoms with Crippen LogP contribution in [0.5, 0.6) is 17.2 Å². The van der Waals surface area contributed by atoms with Crippen molar-refractivity contribution in [2.24, 2.45) is 5.92 Å². The van der Waals surface area contributed by atoms with Crippen molar-refractivity contribution >= 4 is 16.9 Å². The molecule has 0 saturated heterocycles. The van der Waals surface area contributed by atoms with Gasteiger partial charge >= 0.3 is 11.6 Å². The van der Waals surface area contributed by atoms with Crippen molar-refractivity contribution in [3.8, 4) is 28.4 Å². The van der Waals surface area contributed by atoms with Gasteiger partial charge in [0.1, 0.15) is 22.8 Å². The van der Waals surface area contributed by atoms with Crippen molar-refractivity contribution in [1.29, 1.82) is 0 Å². The van der Waals surface area contributed by atoms with Gasteiger partial charge in [0.15, 0.2) is 0 Å². The molecule has 0 N–H and O–H groups in total. The highest BCUT2D eigenvalue weighted by atomic mass is 16.5. The Morgan fingerprint density at radius 3 is 2.40 bits per heavy atom. The molecule has 1 aliphatic rings. The molecule has 2 aromatic carbocycles. The number of ether oxygens (including phenoxy) is 3. The van der Waals surface area contributed by atoms with Crippen LogP contribution in [0, 0.1) is 5.92 Å². The van der Waals surface area contributed by atoms with Crippen LogP contribution in [0.15, 0.2) is 51.7 Å². The lowest BCUT2D eigenvalue weighted by Crippen LogP contribution is -2.22. The van der Waals surface area contributed by atoms with Gasteiger partial charge in [-0.3, -0.25) is 4.79 Å². The van der Waals surface area contributed by atoms with E-state index in [1.807, 2.05) is 0 Å². The van der Waals surface area contributed by atoms with Crippen molar-refractivity contribution in [1.82, 2.24) is 0 Å². The Hall–Kier alpha value is -3.28.